The summed E-state index contributed by atoms with van der Waals surface area (Å²) in [6.07, 6.45) is 6.90. The standard InChI is InChI=1S/C8H20O2S2Si/c1-11(2,9)7-13(5,6)8-12(3,4)10/h7-8H,1-6H3. The second-order valence-corrected chi connectivity index (χ2v) is 15.4. The molecule has 0 aliphatic rings. The molecule has 2 nitrogen and oxygen atoms in total. The van der Waals surface area contributed by atoms with Gasteiger partial charge in [0.1, 0.15) is 8.07 Å². The summed E-state index contributed by atoms with van der Waals surface area (Å²) in [5, 5.41) is 0. The molecular weight excluding hydrogens is 220 g/mol. The Balaban J connectivity index is 5.29. The topological polar surface area (TPSA) is 34.1 Å². The van der Waals surface area contributed by atoms with E-state index in [1.807, 2.05) is 9.98 Å². The Morgan fingerprint density at radius 3 is 1.23 bits per heavy atom. The van der Waals surface area contributed by atoms with E-state index < -0.39 is 27.1 Å². The summed E-state index contributed by atoms with van der Waals surface area (Å²) in [6.45, 7) is 4.12. The van der Waals surface area contributed by atoms with Crippen molar-refractivity contribution in [2.24, 2.45) is 0 Å². The van der Waals surface area contributed by atoms with Crippen LogP contribution < -0.4 is 0 Å². The van der Waals surface area contributed by atoms with E-state index in [-0.39, 0.29) is 0 Å². The van der Waals surface area contributed by atoms with E-state index >= 15 is 0 Å². The van der Waals surface area contributed by atoms with Gasteiger partial charge in [0.15, 0.2) is 0 Å². The lowest BCUT2D eigenvalue weighted by Gasteiger charge is -2.14. The molecule has 0 aromatic rings. The van der Waals surface area contributed by atoms with E-state index in [2.05, 4.69) is 13.1 Å². The molecule has 0 aromatic heterocycles. The Morgan fingerprint density at radius 2 is 1.08 bits per heavy atom. The highest BCUT2D eigenvalue weighted by Gasteiger charge is 2.17. The van der Waals surface area contributed by atoms with Crippen LogP contribution in [-0.2, 0) is 19.0 Å². The summed E-state index contributed by atoms with van der Waals surface area (Å²) in [5.74, 6) is 0. The van der Waals surface area contributed by atoms with Gasteiger partial charge < -0.3 is 0 Å². The molecule has 0 radical (unpaired) electrons. The smallest absolute Gasteiger partial charge is 0.114 e. The molecule has 0 bridgehead atoms. The van der Waals surface area contributed by atoms with Crippen LogP contribution in [0.3, 0.4) is 0 Å². The van der Waals surface area contributed by atoms with Gasteiger partial charge in [0, 0.05) is 25.0 Å². The van der Waals surface area contributed by atoms with Gasteiger partial charge in [-0.1, -0.05) is 13.1 Å². The summed E-state index contributed by atoms with van der Waals surface area (Å²) >= 11 is 0. The van der Waals surface area contributed by atoms with Crippen LogP contribution in [0.2, 0.25) is 13.1 Å². The fraction of sp³-hybridized carbons (Fsp3) is 0.750. The van der Waals surface area contributed by atoms with E-state index in [0.29, 0.717) is 0 Å². The second kappa shape index (κ2) is 3.79. The zero-order valence-corrected chi connectivity index (χ0v) is 11.9. The van der Waals surface area contributed by atoms with Crippen LogP contribution in [0.5, 0.6) is 0 Å². The quantitative estimate of drug-likeness (QED) is 0.519. The van der Waals surface area contributed by atoms with Gasteiger partial charge in [0.2, 0.25) is 0 Å². The normalized spacial score (nSPS) is 14.0. The van der Waals surface area contributed by atoms with Crippen molar-refractivity contribution in [1.29, 1.82) is 0 Å². The van der Waals surface area contributed by atoms with Crippen molar-refractivity contribution in [2.45, 2.75) is 13.1 Å². The van der Waals surface area contributed by atoms with Crippen molar-refractivity contribution >= 4 is 37.1 Å². The first-order valence-corrected chi connectivity index (χ1v) is 12.0. The molecule has 0 rings (SSSR count). The third-order valence-electron chi connectivity index (χ3n) is 1.18. The molecule has 5 heteroatoms. The average Bonchev–Trinajstić information content (AvgIpc) is 1.43. The average molecular weight is 240 g/mol. The SMILES string of the molecule is C[Si](C)(C=S(C)(C)=O)C=S(C)(C)=O. The Labute approximate surface area is 83.8 Å². The van der Waals surface area contributed by atoms with Gasteiger partial charge in [-0.2, -0.15) is 0 Å². The first-order valence-electron chi connectivity index (χ1n) is 4.02. The number of rotatable bonds is 2. The minimum Gasteiger partial charge on any atom is -0.269 e. The first kappa shape index (κ1) is 13.3. The van der Waals surface area contributed by atoms with Crippen molar-refractivity contribution in [2.75, 3.05) is 25.0 Å². The molecule has 0 saturated heterocycles. The Bertz CT molecular complexity index is 352. The molecule has 0 aromatic carbocycles. The minimum atomic E-state index is -1.82. The lowest BCUT2D eigenvalue weighted by molar-refractivity contribution is 0.687. The minimum absolute atomic E-state index is 1.72. The Hall–Kier alpha value is 0.257. The van der Waals surface area contributed by atoms with Crippen LogP contribution in [0.4, 0.5) is 0 Å². The molecule has 0 spiro atoms. The van der Waals surface area contributed by atoms with Gasteiger partial charge in [0.05, 0.1) is 0 Å². The highest BCUT2D eigenvalue weighted by atomic mass is 32.2. The third-order valence-corrected chi connectivity index (χ3v) is 10.6. The van der Waals surface area contributed by atoms with E-state index in [9.17, 15) is 8.42 Å². The fourth-order valence-corrected chi connectivity index (χ4v) is 13.9. The van der Waals surface area contributed by atoms with Crippen molar-refractivity contribution in [3.05, 3.63) is 0 Å². The van der Waals surface area contributed by atoms with Crippen molar-refractivity contribution in [3.8, 4) is 0 Å². The first-order chi connectivity index (χ1) is 5.41. The predicted molar refractivity (Wildman–Crippen MR) is 69.6 cm³/mol. The zero-order chi connectivity index (χ0) is 10.9. The summed E-state index contributed by atoms with van der Waals surface area (Å²) in [6, 6.07) is 0. The molecule has 0 aliphatic heterocycles. The summed E-state index contributed by atoms with van der Waals surface area (Å²) in [5.41, 5.74) is 0. The largest absolute Gasteiger partial charge is 0.269 e. The maximum Gasteiger partial charge on any atom is 0.114 e. The summed E-state index contributed by atoms with van der Waals surface area (Å²) in [4.78, 5) is 3.82. The molecule has 0 heterocycles. The van der Waals surface area contributed by atoms with Crippen LogP contribution in [0.1, 0.15) is 0 Å². The lowest BCUT2D eigenvalue weighted by atomic mass is 11.7. The van der Waals surface area contributed by atoms with Crippen LogP contribution in [0.25, 0.3) is 0 Å². The van der Waals surface area contributed by atoms with Crippen LogP contribution in [-0.4, -0.2) is 51.5 Å². The van der Waals surface area contributed by atoms with Crippen LogP contribution in [0, 0.1) is 0 Å². The zero-order valence-electron chi connectivity index (χ0n) is 9.29. The Morgan fingerprint density at radius 1 is 0.846 bits per heavy atom. The van der Waals surface area contributed by atoms with Crippen molar-refractivity contribution < 1.29 is 8.42 Å². The molecular formula is C8H20O2S2Si. The summed E-state index contributed by atoms with van der Waals surface area (Å²) < 4.78 is 23.1. The van der Waals surface area contributed by atoms with Gasteiger partial charge >= 0.3 is 0 Å². The lowest BCUT2D eigenvalue weighted by Crippen LogP contribution is -2.36. The van der Waals surface area contributed by atoms with Crippen molar-refractivity contribution in [1.82, 2.24) is 0 Å². The molecule has 0 amide bonds. The number of hydrogen-bond acceptors (Lipinski definition) is 2. The van der Waals surface area contributed by atoms with Gasteiger partial charge in [-0.3, -0.25) is 8.42 Å². The van der Waals surface area contributed by atoms with E-state index in [4.69, 9.17) is 0 Å². The van der Waals surface area contributed by atoms with Gasteiger partial charge in [0.25, 0.3) is 0 Å². The van der Waals surface area contributed by atoms with E-state index in [1.54, 1.807) is 25.0 Å². The van der Waals surface area contributed by atoms with Crippen LogP contribution in [0.15, 0.2) is 0 Å². The van der Waals surface area contributed by atoms with E-state index in [0.717, 1.165) is 0 Å². The molecule has 0 atom stereocenters. The Kier molecular flexibility index (Phi) is 3.86. The predicted octanol–water partition coefficient (Wildman–Crippen LogP) is 0.466. The maximum absolute atomic E-state index is 11.6. The maximum atomic E-state index is 11.6. The highest BCUT2D eigenvalue weighted by Crippen LogP contribution is 1.98. The van der Waals surface area contributed by atoms with Gasteiger partial charge in [-0.25, -0.2) is 0 Å². The monoisotopic (exact) mass is 240 g/mol. The highest BCUT2D eigenvalue weighted by molar-refractivity contribution is 8.06. The molecule has 0 saturated carbocycles. The summed E-state index contributed by atoms with van der Waals surface area (Å²) in [7, 11) is -5.42. The van der Waals surface area contributed by atoms with Gasteiger partial charge in [-0.15, -0.1) is 0 Å². The molecule has 0 aliphatic carbocycles. The third kappa shape index (κ3) is 8.58. The van der Waals surface area contributed by atoms with Crippen molar-refractivity contribution in [3.63, 3.8) is 0 Å². The molecule has 0 fully saturated rings. The fourth-order valence-electron chi connectivity index (χ4n) is 1.49. The van der Waals surface area contributed by atoms with Crippen LogP contribution >= 0.6 is 0 Å². The van der Waals surface area contributed by atoms with Gasteiger partial charge in [-0.05, 0) is 29.0 Å². The van der Waals surface area contributed by atoms with E-state index in [1.165, 1.54) is 0 Å². The molecule has 0 unspecified atom stereocenters. The molecule has 0 N–H and O–H groups in total. The second-order valence-electron chi connectivity index (χ2n) is 4.68. The molecule has 80 valence electrons. The number of hydrogen-bond donors (Lipinski definition) is 0. The molecule has 13 heavy (non-hydrogen) atoms.